The maximum Gasteiger partial charge on any atom is 0.192 e. The van der Waals surface area contributed by atoms with E-state index < -0.39 is 0 Å². The van der Waals surface area contributed by atoms with E-state index in [9.17, 15) is 5.26 Å². The molecule has 0 saturated carbocycles. The highest BCUT2D eigenvalue weighted by atomic mass is 32.2. The first-order chi connectivity index (χ1) is 12.9. The third-order valence-electron chi connectivity index (χ3n) is 4.50. The van der Waals surface area contributed by atoms with Gasteiger partial charge < -0.3 is 4.57 Å². The molecule has 1 unspecified atom stereocenters. The van der Waals surface area contributed by atoms with Crippen LogP contribution in [0.3, 0.4) is 0 Å². The van der Waals surface area contributed by atoms with E-state index in [0.717, 1.165) is 22.1 Å². The van der Waals surface area contributed by atoms with Gasteiger partial charge in [-0.25, -0.2) is 0 Å². The number of nitriles is 1. The summed E-state index contributed by atoms with van der Waals surface area (Å²) < 4.78 is 1.96. The molecule has 1 atom stereocenters. The van der Waals surface area contributed by atoms with Crippen LogP contribution in [0.25, 0.3) is 11.4 Å². The maximum atomic E-state index is 9.54. The number of aromatic nitrogens is 3. The van der Waals surface area contributed by atoms with E-state index in [1.807, 2.05) is 41.9 Å². The first-order valence-electron chi connectivity index (χ1n) is 8.99. The van der Waals surface area contributed by atoms with Gasteiger partial charge in [0, 0.05) is 12.6 Å². The fraction of sp³-hybridized carbons (Fsp3) is 0.318. The van der Waals surface area contributed by atoms with E-state index in [1.165, 1.54) is 17.3 Å². The summed E-state index contributed by atoms with van der Waals surface area (Å²) in [6, 6.07) is 20.9. The second kappa shape index (κ2) is 7.98. The van der Waals surface area contributed by atoms with Gasteiger partial charge in [-0.3, -0.25) is 0 Å². The topological polar surface area (TPSA) is 54.5 Å². The van der Waals surface area contributed by atoms with Crippen LogP contribution in [-0.4, -0.2) is 20.0 Å². The fourth-order valence-corrected chi connectivity index (χ4v) is 3.77. The Balaban J connectivity index is 1.77. The van der Waals surface area contributed by atoms with Gasteiger partial charge in [-0.05, 0) is 23.0 Å². The summed E-state index contributed by atoms with van der Waals surface area (Å²) in [4.78, 5) is 0. The highest BCUT2D eigenvalue weighted by Crippen LogP contribution is 2.29. The van der Waals surface area contributed by atoms with Gasteiger partial charge in [0.2, 0.25) is 0 Å². The van der Waals surface area contributed by atoms with Gasteiger partial charge in [0.15, 0.2) is 11.0 Å². The van der Waals surface area contributed by atoms with Gasteiger partial charge in [0.25, 0.3) is 0 Å². The Morgan fingerprint density at radius 3 is 2.30 bits per heavy atom. The van der Waals surface area contributed by atoms with Gasteiger partial charge in [-0.15, -0.1) is 10.2 Å². The van der Waals surface area contributed by atoms with Crippen LogP contribution in [0, 0.1) is 11.3 Å². The van der Waals surface area contributed by atoms with Gasteiger partial charge in [-0.1, -0.05) is 87.1 Å². The van der Waals surface area contributed by atoms with Crippen LogP contribution in [0.5, 0.6) is 0 Å². The van der Waals surface area contributed by atoms with Gasteiger partial charge in [0.1, 0.15) is 5.25 Å². The van der Waals surface area contributed by atoms with E-state index in [4.69, 9.17) is 0 Å². The number of hydrogen-bond acceptors (Lipinski definition) is 4. The van der Waals surface area contributed by atoms with Crippen molar-refractivity contribution in [3.8, 4) is 17.5 Å². The van der Waals surface area contributed by atoms with E-state index in [2.05, 4.69) is 61.3 Å². The SMILES string of the molecule is Cn1c(SC(C#N)Cc2ccccc2)nnc1-c1ccc(C(C)(C)C)cc1. The smallest absolute Gasteiger partial charge is 0.192 e. The minimum atomic E-state index is -0.202. The quantitative estimate of drug-likeness (QED) is 0.588. The number of nitrogens with zero attached hydrogens (tertiary/aromatic N) is 4. The monoisotopic (exact) mass is 376 g/mol. The number of rotatable bonds is 5. The number of thioether (sulfide) groups is 1. The Morgan fingerprint density at radius 2 is 1.70 bits per heavy atom. The van der Waals surface area contributed by atoms with Crippen molar-refractivity contribution < 1.29 is 0 Å². The molecular formula is C22H24N4S. The van der Waals surface area contributed by atoms with E-state index in [1.54, 1.807) is 0 Å². The highest BCUT2D eigenvalue weighted by Gasteiger charge is 2.18. The van der Waals surface area contributed by atoms with Gasteiger partial charge >= 0.3 is 0 Å². The molecule has 4 nitrogen and oxygen atoms in total. The van der Waals surface area contributed by atoms with Crippen LogP contribution in [0.15, 0.2) is 59.8 Å². The van der Waals surface area contributed by atoms with E-state index >= 15 is 0 Å². The Labute approximate surface area is 165 Å². The normalized spacial score (nSPS) is 12.6. The summed E-state index contributed by atoms with van der Waals surface area (Å²) in [5.41, 5.74) is 3.59. The van der Waals surface area contributed by atoms with Crippen molar-refractivity contribution in [2.45, 2.75) is 43.0 Å². The molecule has 0 aliphatic heterocycles. The number of benzene rings is 2. The summed E-state index contributed by atoms with van der Waals surface area (Å²) in [6.07, 6.45) is 0.685. The average molecular weight is 377 g/mol. The molecule has 0 aliphatic carbocycles. The van der Waals surface area contributed by atoms with Crippen molar-refractivity contribution in [1.82, 2.24) is 14.8 Å². The molecule has 3 rings (SSSR count). The molecule has 0 saturated heterocycles. The summed E-state index contributed by atoms with van der Waals surface area (Å²) in [5, 5.41) is 18.8. The summed E-state index contributed by atoms with van der Waals surface area (Å²) in [5.74, 6) is 0.814. The third kappa shape index (κ3) is 4.58. The zero-order valence-corrected chi connectivity index (χ0v) is 17.0. The molecule has 0 aliphatic rings. The Bertz CT molecular complexity index is 931. The molecule has 27 heavy (non-hydrogen) atoms. The predicted molar refractivity (Wildman–Crippen MR) is 111 cm³/mol. The van der Waals surface area contributed by atoms with Crippen molar-refractivity contribution in [1.29, 1.82) is 5.26 Å². The summed E-state index contributed by atoms with van der Waals surface area (Å²) in [7, 11) is 1.95. The molecule has 0 radical (unpaired) electrons. The lowest BCUT2D eigenvalue weighted by atomic mass is 9.87. The van der Waals surface area contributed by atoms with E-state index in [-0.39, 0.29) is 10.7 Å². The molecule has 0 amide bonds. The predicted octanol–water partition coefficient (Wildman–Crippen LogP) is 5.01. The molecule has 3 aromatic rings. The Hall–Kier alpha value is -2.58. The van der Waals surface area contributed by atoms with Crippen molar-refractivity contribution in [2.75, 3.05) is 0 Å². The molecular weight excluding hydrogens is 352 g/mol. The first kappa shape index (κ1) is 19.2. The van der Waals surface area contributed by atoms with Crippen LogP contribution in [-0.2, 0) is 18.9 Å². The fourth-order valence-electron chi connectivity index (χ4n) is 2.86. The third-order valence-corrected chi connectivity index (χ3v) is 5.62. The van der Waals surface area contributed by atoms with Crippen LogP contribution in [0.2, 0.25) is 0 Å². The first-order valence-corrected chi connectivity index (χ1v) is 9.87. The lowest BCUT2D eigenvalue weighted by molar-refractivity contribution is 0.590. The maximum absolute atomic E-state index is 9.54. The largest absolute Gasteiger partial charge is 0.305 e. The molecule has 0 fully saturated rings. The minimum Gasteiger partial charge on any atom is -0.305 e. The molecule has 2 aromatic carbocycles. The van der Waals surface area contributed by atoms with Crippen LogP contribution >= 0.6 is 11.8 Å². The Morgan fingerprint density at radius 1 is 1.04 bits per heavy atom. The van der Waals surface area contributed by atoms with Crippen LogP contribution in [0.4, 0.5) is 0 Å². The average Bonchev–Trinajstić information content (AvgIpc) is 3.02. The zero-order valence-electron chi connectivity index (χ0n) is 16.2. The molecule has 0 spiro atoms. The lowest BCUT2D eigenvalue weighted by Gasteiger charge is -2.19. The summed E-state index contributed by atoms with van der Waals surface area (Å²) >= 11 is 1.46. The minimum absolute atomic E-state index is 0.122. The molecule has 0 N–H and O–H groups in total. The van der Waals surface area contributed by atoms with Gasteiger partial charge in [0.05, 0.1) is 6.07 Å². The molecule has 138 valence electrons. The van der Waals surface area contributed by atoms with Gasteiger partial charge in [-0.2, -0.15) is 5.26 Å². The summed E-state index contributed by atoms with van der Waals surface area (Å²) in [6.45, 7) is 6.61. The van der Waals surface area contributed by atoms with E-state index in [0.29, 0.717) is 6.42 Å². The van der Waals surface area contributed by atoms with Crippen molar-refractivity contribution in [3.63, 3.8) is 0 Å². The van der Waals surface area contributed by atoms with Crippen LogP contribution < -0.4 is 0 Å². The van der Waals surface area contributed by atoms with Crippen molar-refractivity contribution in [3.05, 3.63) is 65.7 Å². The lowest BCUT2D eigenvalue weighted by Crippen LogP contribution is -2.10. The number of hydrogen-bond donors (Lipinski definition) is 0. The van der Waals surface area contributed by atoms with Crippen molar-refractivity contribution in [2.24, 2.45) is 7.05 Å². The zero-order chi connectivity index (χ0) is 19.4. The second-order valence-electron chi connectivity index (χ2n) is 7.62. The molecule has 1 aromatic heterocycles. The standard InChI is InChI=1S/C22H24N4S/c1-22(2,3)18-12-10-17(11-13-18)20-24-25-21(26(20)4)27-19(15-23)14-16-8-6-5-7-9-16/h5-13,19H,14H2,1-4H3. The van der Waals surface area contributed by atoms with Crippen LogP contribution in [0.1, 0.15) is 31.9 Å². The Kier molecular flexibility index (Phi) is 5.67. The van der Waals surface area contributed by atoms with Crippen molar-refractivity contribution >= 4 is 11.8 Å². The highest BCUT2D eigenvalue weighted by molar-refractivity contribution is 8.00. The molecule has 1 heterocycles. The molecule has 5 heteroatoms. The molecule has 0 bridgehead atoms. The second-order valence-corrected chi connectivity index (χ2v) is 8.79.